The van der Waals surface area contributed by atoms with Gasteiger partial charge in [-0.1, -0.05) is 108 Å². The normalized spacial score (nSPS) is 12.1. The predicted molar refractivity (Wildman–Crippen MR) is 319 cm³/mol. The SMILES string of the molecule is CC(=O)CC[C@H](NC(=O)CC[C@H](CC(=O)CCCNC(=O)CCCS(=O)(=O)NC(=O)CCCCCCCCCCCCCCCCC(=O)O)C(=O)O)C(=O)O.CCCCOCCOCC(=O)N[C@@H](CCCCNC(=O)c1ccc(C)cc1)C(N)=O. The number of benzene rings is 1. The third kappa shape index (κ3) is 47.6. The van der Waals surface area contributed by atoms with Gasteiger partial charge in [-0.15, -0.1) is 0 Å². The number of aliphatic carboxylic acids is 3. The number of primary amides is 1. The zero-order chi connectivity index (χ0) is 63.7. The second kappa shape index (κ2) is 49.9. The van der Waals surface area contributed by atoms with Crippen molar-refractivity contribution in [3.63, 3.8) is 0 Å². The molecule has 0 spiro atoms. The van der Waals surface area contributed by atoms with Gasteiger partial charge in [0.1, 0.15) is 30.3 Å². The molecule has 0 unspecified atom stereocenters. The van der Waals surface area contributed by atoms with Crippen molar-refractivity contribution in [1.82, 2.24) is 26.0 Å². The summed E-state index contributed by atoms with van der Waals surface area (Å²) in [6.07, 6.45) is 17.7. The van der Waals surface area contributed by atoms with Gasteiger partial charge in [0.2, 0.25) is 39.6 Å². The Kier molecular flexibility index (Phi) is 46.2. The first-order valence-electron chi connectivity index (χ1n) is 30.3. The molecule has 0 aliphatic heterocycles. The van der Waals surface area contributed by atoms with Gasteiger partial charge in [-0.05, 0) is 90.2 Å². The summed E-state index contributed by atoms with van der Waals surface area (Å²) in [5.41, 5.74) is 7.08. The first-order valence-corrected chi connectivity index (χ1v) is 32.0. The van der Waals surface area contributed by atoms with Gasteiger partial charge in [-0.3, -0.25) is 47.9 Å². The van der Waals surface area contributed by atoms with Gasteiger partial charge < -0.3 is 56.6 Å². The number of sulfonamides is 1. The van der Waals surface area contributed by atoms with Crippen LogP contribution in [0.4, 0.5) is 0 Å². The summed E-state index contributed by atoms with van der Waals surface area (Å²) in [6.45, 7) is 7.21. The van der Waals surface area contributed by atoms with E-state index in [1.54, 1.807) is 12.1 Å². The second-order valence-electron chi connectivity index (χ2n) is 21.4. The van der Waals surface area contributed by atoms with Crippen LogP contribution in [0.3, 0.4) is 0 Å². The Balaban J connectivity index is 0.00000197. The number of nitrogens with two attached hydrogens (primary N) is 1. The van der Waals surface area contributed by atoms with Crippen molar-refractivity contribution in [1.29, 1.82) is 0 Å². The minimum Gasteiger partial charge on any atom is -0.481 e. The zero-order valence-corrected chi connectivity index (χ0v) is 51.5. The molecule has 24 nitrogen and oxygen atoms in total. The second-order valence-corrected chi connectivity index (χ2v) is 23.3. The van der Waals surface area contributed by atoms with Gasteiger partial charge in [0.15, 0.2) is 0 Å². The molecule has 0 fully saturated rings. The molecule has 1 aromatic carbocycles. The number of carboxylic acid groups (broad SMARTS) is 3. The van der Waals surface area contributed by atoms with E-state index in [4.69, 9.17) is 20.3 Å². The van der Waals surface area contributed by atoms with Gasteiger partial charge in [-0.2, -0.15) is 0 Å². The van der Waals surface area contributed by atoms with Gasteiger partial charge in [0.05, 0.1) is 24.9 Å². The molecule has 1 rings (SSSR count). The third-order valence-electron chi connectivity index (χ3n) is 13.5. The van der Waals surface area contributed by atoms with Crippen LogP contribution in [0.5, 0.6) is 0 Å². The molecule has 0 aromatic heterocycles. The summed E-state index contributed by atoms with van der Waals surface area (Å²) < 4.78 is 37.2. The molecule has 0 saturated carbocycles. The van der Waals surface area contributed by atoms with Crippen molar-refractivity contribution < 1.29 is 86.0 Å². The molecule has 0 saturated heterocycles. The number of hydrogen-bond acceptors (Lipinski definition) is 15. The molecule has 0 aliphatic carbocycles. The Labute approximate surface area is 502 Å². The van der Waals surface area contributed by atoms with Crippen LogP contribution in [-0.4, -0.2) is 146 Å². The number of carboxylic acids is 3. The Bertz CT molecular complexity index is 2270. The summed E-state index contributed by atoms with van der Waals surface area (Å²) in [6, 6.07) is 5.29. The lowest BCUT2D eigenvalue weighted by Crippen LogP contribution is -2.45. The minimum absolute atomic E-state index is 0.0141. The summed E-state index contributed by atoms with van der Waals surface area (Å²) in [4.78, 5) is 129. The number of ether oxygens (including phenoxy) is 2. The molecule has 0 heterocycles. The average Bonchev–Trinajstić information content (AvgIpc) is 3.54. The number of rotatable bonds is 53. The number of hydrogen-bond donors (Lipinski definition) is 9. The molecule has 0 aliphatic rings. The van der Waals surface area contributed by atoms with E-state index in [2.05, 4.69) is 32.9 Å². The predicted octanol–water partition coefficient (Wildman–Crippen LogP) is 6.51. The van der Waals surface area contributed by atoms with E-state index >= 15 is 0 Å². The summed E-state index contributed by atoms with van der Waals surface area (Å²) in [7, 11) is -3.89. The maximum absolute atomic E-state index is 12.3. The highest BCUT2D eigenvalue weighted by atomic mass is 32.2. The van der Waals surface area contributed by atoms with E-state index in [1.807, 2.05) is 19.1 Å². The van der Waals surface area contributed by atoms with E-state index in [0.717, 1.165) is 69.8 Å². The highest BCUT2D eigenvalue weighted by Crippen LogP contribution is 2.16. The van der Waals surface area contributed by atoms with E-state index in [-0.39, 0.29) is 101 Å². The number of amides is 6. The fourth-order valence-corrected chi connectivity index (χ4v) is 9.56. The average molecular weight is 1230 g/mol. The molecular formula is C60H100N6O18S. The number of carbonyl (C=O) groups excluding carboxylic acids is 8. The molecule has 1 aromatic rings. The lowest BCUT2D eigenvalue weighted by molar-refractivity contribution is -0.145. The van der Waals surface area contributed by atoms with E-state index in [1.165, 1.54) is 39.0 Å². The van der Waals surface area contributed by atoms with Crippen molar-refractivity contribution >= 4 is 74.9 Å². The Morgan fingerprint density at radius 2 is 1.08 bits per heavy atom. The fourth-order valence-electron chi connectivity index (χ4n) is 8.48. The molecule has 10 N–H and O–H groups in total. The quantitative estimate of drug-likeness (QED) is 0.0314. The molecule has 85 heavy (non-hydrogen) atoms. The van der Waals surface area contributed by atoms with E-state index in [9.17, 15) is 71.4 Å². The summed E-state index contributed by atoms with van der Waals surface area (Å²) >= 11 is 0. The Morgan fingerprint density at radius 3 is 1.64 bits per heavy atom. The van der Waals surface area contributed by atoms with Crippen LogP contribution in [0.25, 0.3) is 0 Å². The van der Waals surface area contributed by atoms with Crippen LogP contribution in [0, 0.1) is 12.8 Å². The van der Waals surface area contributed by atoms with E-state index in [0.29, 0.717) is 57.6 Å². The van der Waals surface area contributed by atoms with Gasteiger partial charge in [-0.25, -0.2) is 13.2 Å². The maximum atomic E-state index is 12.3. The highest BCUT2D eigenvalue weighted by Gasteiger charge is 2.25. The molecule has 484 valence electrons. The van der Waals surface area contributed by atoms with Crippen molar-refractivity contribution in [3.8, 4) is 0 Å². The molecular weight excluding hydrogens is 1120 g/mol. The monoisotopic (exact) mass is 1220 g/mol. The van der Waals surface area contributed by atoms with Gasteiger partial charge >= 0.3 is 17.9 Å². The lowest BCUT2D eigenvalue weighted by atomic mass is 9.95. The van der Waals surface area contributed by atoms with Crippen LogP contribution in [0.1, 0.15) is 222 Å². The van der Waals surface area contributed by atoms with Crippen LogP contribution < -0.4 is 31.7 Å². The first kappa shape index (κ1) is 78.7. The standard InChI is InChI=1S/C38H65N3O13S.C22H35N3O5/c1-29(42)22-24-32(38(51)52)40-34(45)25-23-30(37(49)50)28-31(43)18-16-26-39-33(44)20-17-27-55(53,54)41-35(46)19-14-12-10-8-6-4-2-3-5-7-9-11-13-15-21-36(47)48;1-3-4-13-29-14-15-30-16-20(26)25-19(21(23)27)7-5-6-12-24-22(28)18-10-8-17(2)9-11-18/h30,32H,2-28H2,1H3,(H,39,44)(H,40,45)(H,41,46)(H,47,48)(H,49,50)(H,51,52);8-11,19H,3-7,12-16H2,1-2H3,(H2,23,27)(H,24,28)(H,25,26)/t30-,32+;19-/m10/s1. The van der Waals surface area contributed by atoms with Crippen LogP contribution >= 0.6 is 0 Å². The Morgan fingerprint density at radius 1 is 0.529 bits per heavy atom. The van der Waals surface area contributed by atoms with Crippen molar-refractivity contribution in [3.05, 3.63) is 35.4 Å². The number of nitrogens with one attached hydrogen (secondary N) is 5. The van der Waals surface area contributed by atoms with Crippen LogP contribution in [-0.2, 0) is 67.4 Å². The molecule has 0 bridgehead atoms. The molecule has 3 atom stereocenters. The molecule has 0 radical (unpaired) electrons. The third-order valence-corrected chi connectivity index (χ3v) is 14.9. The molecule has 6 amide bonds. The number of ketones is 2. The minimum atomic E-state index is -3.89. The number of aryl methyl sites for hydroxylation is 1. The molecule has 25 heteroatoms. The summed E-state index contributed by atoms with van der Waals surface area (Å²) in [5.74, 6) is -8.37. The van der Waals surface area contributed by atoms with Crippen molar-refractivity contribution in [2.75, 3.05) is 45.3 Å². The van der Waals surface area contributed by atoms with Crippen molar-refractivity contribution in [2.24, 2.45) is 11.7 Å². The van der Waals surface area contributed by atoms with Gasteiger partial charge in [0, 0.05) is 70.2 Å². The zero-order valence-electron chi connectivity index (χ0n) is 50.7. The maximum Gasteiger partial charge on any atom is 0.326 e. The lowest BCUT2D eigenvalue weighted by Gasteiger charge is -2.15. The fraction of sp³-hybridized carbons (Fsp3) is 0.717. The highest BCUT2D eigenvalue weighted by molar-refractivity contribution is 7.90. The number of carbonyl (C=O) groups is 11. The van der Waals surface area contributed by atoms with E-state index < -0.39 is 81.1 Å². The number of Topliss-reactive ketones (excluding diaryl/α,β-unsaturated/α-hetero) is 2. The first-order chi connectivity index (χ1) is 40.5. The Hall–Kier alpha value is -6.34. The van der Waals surface area contributed by atoms with Crippen LogP contribution in [0.2, 0.25) is 0 Å². The van der Waals surface area contributed by atoms with Crippen LogP contribution in [0.15, 0.2) is 24.3 Å². The van der Waals surface area contributed by atoms with Crippen molar-refractivity contribution in [2.45, 2.75) is 225 Å². The topological polar surface area (TPSA) is 387 Å². The number of unbranched alkanes of at least 4 members (excludes halogenated alkanes) is 15. The smallest absolute Gasteiger partial charge is 0.326 e. The largest absolute Gasteiger partial charge is 0.481 e. The summed E-state index contributed by atoms with van der Waals surface area (Å²) in [5, 5.41) is 37.6. The van der Waals surface area contributed by atoms with Gasteiger partial charge in [0.25, 0.3) is 5.91 Å².